The lowest BCUT2D eigenvalue weighted by atomic mass is 10.1. The van der Waals surface area contributed by atoms with E-state index < -0.39 is 24.3 Å². The Morgan fingerprint density at radius 1 is 1.26 bits per heavy atom. The maximum atomic E-state index is 13.7. The first-order valence-electron chi connectivity index (χ1n) is 8.21. The summed E-state index contributed by atoms with van der Waals surface area (Å²) in [4.78, 5) is 23.9. The number of hydrogen-bond acceptors (Lipinski definition) is 5. The average Bonchev–Trinajstić information content (AvgIpc) is 3.11. The van der Waals surface area contributed by atoms with Gasteiger partial charge in [-0.25, -0.2) is 4.39 Å². The van der Waals surface area contributed by atoms with Crippen LogP contribution in [0.3, 0.4) is 0 Å². The molecule has 1 atom stereocenters. The second-order valence-corrected chi connectivity index (χ2v) is 6.35. The monoisotopic (exact) mass is 393 g/mol. The molecule has 0 unspecified atom stereocenters. The highest BCUT2D eigenvalue weighted by molar-refractivity contribution is 6.31. The van der Waals surface area contributed by atoms with Crippen molar-refractivity contribution in [1.82, 2.24) is 5.32 Å². The number of hydrogen-bond donors (Lipinski definition) is 1. The molecule has 0 fully saturated rings. The first kappa shape index (κ1) is 19.0. The van der Waals surface area contributed by atoms with Crippen molar-refractivity contribution in [2.75, 3.05) is 13.4 Å². The van der Waals surface area contributed by atoms with E-state index in [1.54, 1.807) is 19.1 Å². The highest BCUT2D eigenvalue weighted by Gasteiger charge is 2.18. The van der Waals surface area contributed by atoms with Gasteiger partial charge in [-0.3, -0.25) is 9.59 Å². The Kier molecular flexibility index (Phi) is 5.81. The van der Waals surface area contributed by atoms with Gasteiger partial charge in [0.05, 0.1) is 12.5 Å². The van der Waals surface area contributed by atoms with E-state index in [0.717, 1.165) is 5.56 Å². The number of rotatable bonds is 6. The van der Waals surface area contributed by atoms with Crippen LogP contribution in [0, 0.1) is 5.82 Å². The van der Waals surface area contributed by atoms with E-state index in [-0.39, 0.29) is 29.8 Å². The Balaban J connectivity index is 1.50. The van der Waals surface area contributed by atoms with Gasteiger partial charge in [0.15, 0.2) is 18.1 Å². The highest BCUT2D eigenvalue weighted by Crippen LogP contribution is 2.34. The SMILES string of the molecule is C[C@@H](NC(=O)COC(=O)Cc1c(F)cccc1Cl)c1ccc2c(c1)OCO2. The van der Waals surface area contributed by atoms with E-state index in [2.05, 4.69) is 5.32 Å². The Hall–Kier alpha value is -2.80. The second-order valence-electron chi connectivity index (χ2n) is 5.94. The van der Waals surface area contributed by atoms with Gasteiger partial charge >= 0.3 is 5.97 Å². The highest BCUT2D eigenvalue weighted by atomic mass is 35.5. The summed E-state index contributed by atoms with van der Waals surface area (Å²) >= 11 is 5.87. The van der Waals surface area contributed by atoms with Crippen LogP contribution in [0.4, 0.5) is 4.39 Å². The number of carbonyl (C=O) groups excluding carboxylic acids is 2. The van der Waals surface area contributed by atoms with Gasteiger partial charge < -0.3 is 19.5 Å². The number of carbonyl (C=O) groups is 2. The van der Waals surface area contributed by atoms with Crippen molar-refractivity contribution in [3.63, 3.8) is 0 Å². The number of benzene rings is 2. The smallest absolute Gasteiger partial charge is 0.310 e. The van der Waals surface area contributed by atoms with E-state index in [1.165, 1.54) is 18.2 Å². The molecule has 142 valence electrons. The van der Waals surface area contributed by atoms with Gasteiger partial charge in [-0.1, -0.05) is 23.7 Å². The van der Waals surface area contributed by atoms with Gasteiger partial charge in [0.2, 0.25) is 6.79 Å². The Labute approximate surface area is 160 Å². The fraction of sp³-hybridized carbons (Fsp3) is 0.263. The number of ether oxygens (including phenoxy) is 3. The molecule has 0 saturated carbocycles. The van der Waals surface area contributed by atoms with Gasteiger partial charge in [-0.2, -0.15) is 0 Å². The number of nitrogens with one attached hydrogen (secondary N) is 1. The molecule has 0 radical (unpaired) electrons. The third kappa shape index (κ3) is 4.68. The van der Waals surface area contributed by atoms with E-state index in [9.17, 15) is 14.0 Å². The molecule has 6 nitrogen and oxygen atoms in total. The van der Waals surface area contributed by atoms with E-state index in [1.807, 2.05) is 6.07 Å². The molecule has 1 heterocycles. The standard InChI is InChI=1S/C19H17ClFNO5/c1-11(12-5-6-16-17(7-12)27-10-26-16)22-18(23)9-25-19(24)8-13-14(20)3-2-4-15(13)21/h2-7,11H,8-10H2,1H3,(H,22,23)/t11-/m1/s1. The first-order valence-corrected chi connectivity index (χ1v) is 8.59. The summed E-state index contributed by atoms with van der Waals surface area (Å²) in [5, 5.41) is 2.85. The molecule has 0 aromatic heterocycles. The Morgan fingerprint density at radius 3 is 2.81 bits per heavy atom. The normalized spacial score (nSPS) is 13.1. The molecule has 3 rings (SSSR count). The van der Waals surface area contributed by atoms with Crippen LogP contribution in [-0.4, -0.2) is 25.3 Å². The van der Waals surface area contributed by atoms with Gasteiger partial charge in [-0.15, -0.1) is 0 Å². The summed E-state index contributed by atoms with van der Waals surface area (Å²) in [7, 11) is 0. The molecular formula is C19H17ClFNO5. The van der Waals surface area contributed by atoms with E-state index in [0.29, 0.717) is 11.5 Å². The summed E-state index contributed by atoms with van der Waals surface area (Å²) in [5.74, 6) is -0.554. The summed E-state index contributed by atoms with van der Waals surface area (Å²) < 4.78 is 29.1. The van der Waals surface area contributed by atoms with Crippen LogP contribution in [0.25, 0.3) is 0 Å². The maximum Gasteiger partial charge on any atom is 0.310 e. The van der Waals surface area contributed by atoms with Crippen molar-refractivity contribution in [3.8, 4) is 11.5 Å². The third-order valence-electron chi connectivity index (χ3n) is 4.02. The van der Waals surface area contributed by atoms with Crippen molar-refractivity contribution in [2.45, 2.75) is 19.4 Å². The van der Waals surface area contributed by atoms with Gasteiger partial charge in [0.1, 0.15) is 5.82 Å². The van der Waals surface area contributed by atoms with Crippen molar-refractivity contribution in [2.24, 2.45) is 0 Å². The zero-order chi connectivity index (χ0) is 19.4. The largest absolute Gasteiger partial charge is 0.455 e. The minimum Gasteiger partial charge on any atom is -0.455 e. The fourth-order valence-corrected chi connectivity index (χ4v) is 2.82. The summed E-state index contributed by atoms with van der Waals surface area (Å²) in [5.41, 5.74) is 0.857. The maximum absolute atomic E-state index is 13.7. The lowest BCUT2D eigenvalue weighted by Gasteiger charge is -2.15. The van der Waals surface area contributed by atoms with Crippen molar-refractivity contribution in [1.29, 1.82) is 0 Å². The molecule has 1 aliphatic heterocycles. The van der Waals surface area contributed by atoms with Crippen LogP contribution in [-0.2, 0) is 20.7 Å². The molecule has 0 aliphatic carbocycles. The van der Waals surface area contributed by atoms with E-state index >= 15 is 0 Å². The predicted octanol–water partition coefficient (Wildman–Crippen LogP) is 3.17. The number of amides is 1. The molecule has 1 aliphatic rings. The average molecular weight is 394 g/mol. The number of halogens is 2. The van der Waals surface area contributed by atoms with Crippen LogP contribution >= 0.6 is 11.6 Å². The van der Waals surface area contributed by atoms with Crippen molar-refractivity contribution >= 4 is 23.5 Å². The molecule has 1 amide bonds. The van der Waals surface area contributed by atoms with Crippen LogP contribution in [0.5, 0.6) is 11.5 Å². The number of esters is 1. The third-order valence-corrected chi connectivity index (χ3v) is 4.38. The predicted molar refractivity (Wildman–Crippen MR) is 95.2 cm³/mol. The second kappa shape index (κ2) is 8.26. The van der Waals surface area contributed by atoms with Gasteiger partial charge in [0.25, 0.3) is 5.91 Å². The molecule has 0 bridgehead atoms. The van der Waals surface area contributed by atoms with Crippen LogP contribution in [0.2, 0.25) is 5.02 Å². The van der Waals surface area contributed by atoms with Crippen LogP contribution in [0.1, 0.15) is 24.1 Å². The zero-order valence-electron chi connectivity index (χ0n) is 14.5. The minimum atomic E-state index is -0.743. The summed E-state index contributed by atoms with van der Waals surface area (Å²) in [6, 6.07) is 9.15. The molecule has 2 aromatic carbocycles. The minimum absolute atomic E-state index is 0.0401. The quantitative estimate of drug-likeness (QED) is 0.763. The molecule has 27 heavy (non-hydrogen) atoms. The van der Waals surface area contributed by atoms with Crippen molar-refractivity contribution < 1.29 is 28.2 Å². The lowest BCUT2D eigenvalue weighted by Crippen LogP contribution is -2.31. The Bertz CT molecular complexity index is 853. The topological polar surface area (TPSA) is 73.9 Å². The fourth-order valence-electron chi connectivity index (χ4n) is 2.59. The lowest BCUT2D eigenvalue weighted by molar-refractivity contribution is -0.148. The zero-order valence-corrected chi connectivity index (χ0v) is 15.2. The summed E-state index contributed by atoms with van der Waals surface area (Å²) in [6.07, 6.45) is -0.351. The molecule has 0 saturated heterocycles. The summed E-state index contributed by atoms with van der Waals surface area (Å²) in [6.45, 7) is 1.48. The molecule has 0 spiro atoms. The van der Waals surface area contributed by atoms with Crippen LogP contribution < -0.4 is 14.8 Å². The van der Waals surface area contributed by atoms with Crippen molar-refractivity contribution in [3.05, 3.63) is 58.4 Å². The molecule has 8 heteroatoms. The van der Waals surface area contributed by atoms with E-state index in [4.69, 9.17) is 25.8 Å². The Morgan fingerprint density at radius 2 is 2.04 bits per heavy atom. The number of fused-ring (bicyclic) bond motifs is 1. The molecule has 1 N–H and O–H groups in total. The first-order chi connectivity index (χ1) is 12.9. The van der Waals surface area contributed by atoms with Crippen LogP contribution in [0.15, 0.2) is 36.4 Å². The molecular weight excluding hydrogens is 377 g/mol. The molecule has 2 aromatic rings. The van der Waals surface area contributed by atoms with Gasteiger partial charge in [-0.05, 0) is 36.8 Å². The van der Waals surface area contributed by atoms with Gasteiger partial charge in [0, 0.05) is 10.6 Å².